The fraction of sp³-hybridized carbons (Fsp3) is 0.100. The Labute approximate surface area is 79.5 Å². The van der Waals surface area contributed by atoms with E-state index in [-0.39, 0.29) is 5.82 Å². The molecule has 72 valence electrons. The van der Waals surface area contributed by atoms with Crippen LogP contribution in [0.5, 0.6) is 0 Å². The van der Waals surface area contributed by atoms with E-state index in [0.29, 0.717) is 16.6 Å². The Hall–Kier alpha value is -1.84. The minimum absolute atomic E-state index is 0.326. The molecule has 1 aromatic carbocycles. The van der Waals surface area contributed by atoms with Gasteiger partial charge in [-0.15, -0.1) is 0 Å². The van der Waals surface area contributed by atoms with Crippen molar-refractivity contribution in [2.75, 3.05) is 7.11 Å². The molecule has 4 heteroatoms. The monoisotopic (exact) mass is 193 g/mol. The number of aromatic nitrogens is 1. The zero-order valence-corrected chi connectivity index (χ0v) is 7.50. The van der Waals surface area contributed by atoms with E-state index in [9.17, 15) is 9.18 Å². The quantitative estimate of drug-likeness (QED) is 0.704. The SMILES string of the molecule is COC(=O)c1cc2cc(F)ccc2[nH]1. The summed E-state index contributed by atoms with van der Waals surface area (Å²) < 4.78 is 17.3. The largest absolute Gasteiger partial charge is 0.464 e. The molecule has 3 nitrogen and oxygen atoms in total. The average molecular weight is 193 g/mol. The van der Waals surface area contributed by atoms with Crippen LogP contribution in [0.25, 0.3) is 10.9 Å². The molecule has 0 saturated heterocycles. The van der Waals surface area contributed by atoms with Gasteiger partial charge in [0.25, 0.3) is 0 Å². The summed E-state index contributed by atoms with van der Waals surface area (Å²) in [5.41, 5.74) is 1.04. The molecule has 14 heavy (non-hydrogen) atoms. The van der Waals surface area contributed by atoms with E-state index in [2.05, 4.69) is 9.72 Å². The molecule has 0 aliphatic heterocycles. The van der Waals surface area contributed by atoms with Crippen molar-refractivity contribution < 1.29 is 13.9 Å². The van der Waals surface area contributed by atoms with Crippen LogP contribution in [0.2, 0.25) is 0 Å². The second-order valence-corrected chi connectivity index (χ2v) is 2.91. The van der Waals surface area contributed by atoms with Crippen molar-refractivity contribution in [2.45, 2.75) is 0 Å². The Balaban J connectivity index is 2.56. The molecule has 1 aromatic heterocycles. The van der Waals surface area contributed by atoms with Crippen LogP contribution in [-0.2, 0) is 4.74 Å². The van der Waals surface area contributed by atoms with Crippen molar-refractivity contribution in [1.29, 1.82) is 0 Å². The molecule has 1 heterocycles. The van der Waals surface area contributed by atoms with Crippen molar-refractivity contribution in [3.05, 3.63) is 35.8 Å². The van der Waals surface area contributed by atoms with E-state index in [0.717, 1.165) is 0 Å². The number of hydrogen-bond acceptors (Lipinski definition) is 2. The third-order valence-electron chi connectivity index (χ3n) is 1.99. The van der Waals surface area contributed by atoms with Crippen molar-refractivity contribution in [3.63, 3.8) is 0 Å². The lowest BCUT2D eigenvalue weighted by atomic mass is 10.2. The van der Waals surface area contributed by atoms with Gasteiger partial charge in [-0.1, -0.05) is 0 Å². The first-order chi connectivity index (χ1) is 6.70. The lowest BCUT2D eigenvalue weighted by Gasteiger charge is -1.91. The third kappa shape index (κ3) is 1.35. The second kappa shape index (κ2) is 3.14. The molecule has 0 bridgehead atoms. The Kier molecular flexibility index (Phi) is 1.96. The van der Waals surface area contributed by atoms with Gasteiger partial charge in [-0.3, -0.25) is 0 Å². The topological polar surface area (TPSA) is 42.1 Å². The van der Waals surface area contributed by atoms with Crippen LogP contribution in [0.4, 0.5) is 4.39 Å². The molecule has 0 aliphatic rings. The Morgan fingerprint density at radius 1 is 1.43 bits per heavy atom. The van der Waals surface area contributed by atoms with Crippen LogP contribution >= 0.6 is 0 Å². The summed E-state index contributed by atoms with van der Waals surface area (Å²) in [5.74, 6) is -0.783. The predicted molar refractivity (Wildman–Crippen MR) is 49.6 cm³/mol. The van der Waals surface area contributed by atoms with Crippen LogP contribution in [0, 0.1) is 5.82 Å². The molecule has 0 radical (unpaired) electrons. The number of ether oxygens (including phenoxy) is 1. The number of carbonyl (C=O) groups is 1. The van der Waals surface area contributed by atoms with Gasteiger partial charge in [-0.25, -0.2) is 9.18 Å². The van der Waals surface area contributed by atoms with Crippen molar-refractivity contribution in [2.24, 2.45) is 0 Å². The molecule has 0 spiro atoms. The summed E-state index contributed by atoms with van der Waals surface area (Å²) in [5, 5.41) is 0.658. The maximum absolute atomic E-state index is 12.8. The molecular formula is C10H8FNO2. The minimum Gasteiger partial charge on any atom is -0.464 e. The zero-order chi connectivity index (χ0) is 10.1. The van der Waals surface area contributed by atoms with Gasteiger partial charge in [-0.05, 0) is 24.3 Å². The van der Waals surface area contributed by atoms with E-state index in [4.69, 9.17) is 0 Å². The highest BCUT2D eigenvalue weighted by Gasteiger charge is 2.09. The average Bonchev–Trinajstić information content (AvgIpc) is 2.59. The number of benzene rings is 1. The number of nitrogens with one attached hydrogen (secondary N) is 1. The standard InChI is InChI=1S/C10H8FNO2/c1-14-10(13)9-5-6-4-7(11)2-3-8(6)12-9/h2-5,12H,1H3. The number of methoxy groups -OCH3 is 1. The van der Waals surface area contributed by atoms with Crippen molar-refractivity contribution in [3.8, 4) is 0 Å². The first kappa shape index (κ1) is 8.74. The molecule has 2 aromatic rings. The number of esters is 1. The van der Waals surface area contributed by atoms with E-state index < -0.39 is 5.97 Å². The van der Waals surface area contributed by atoms with Gasteiger partial charge in [0.1, 0.15) is 11.5 Å². The van der Waals surface area contributed by atoms with E-state index in [1.54, 1.807) is 12.1 Å². The summed E-state index contributed by atoms with van der Waals surface area (Å²) >= 11 is 0. The number of halogens is 1. The Bertz CT molecular complexity index is 490. The molecule has 0 unspecified atom stereocenters. The van der Waals surface area contributed by atoms with Gasteiger partial charge in [0.2, 0.25) is 0 Å². The van der Waals surface area contributed by atoms with Gasteiger partial charge in [0, 0.05) is 10.9 Å². The third-order valence-corrected chi connectivity index (χ3v) is 1.99. The van der Waals surface area contributed by atoms with Gasteiger partial charge < -0.3 is 9.72 Å². The van der Waals surface area contributed by atoms with Crippen molar-refractivity contribution >= 4 is 16.9 Å². The Morgan fingerprint density at radius 3 is 2.93 bits per heavy atom. The fourth-order valence-corrected chi connectivity index (χ4v) is 1.32. The summed E-state index contributed by atoms with van der Waals surface area (Å²) in [6.45, 7) is 0. The summed E-state index contributed by atoms with van der Waals surface area (Å²) in [6, 6.07) is 5.83. The molecular weight excluding hydrogens is 185 g/mol. The molecule has 0 amide bonds. The van der Waals surface area contributed by atoms with E-state index in [1.807, 2.05) is 0 Å². The summed E-state index contributed by atoms with van der Waals surface area (Å²) in [7, 11) is 1.30. The van der Waals surface area contributed by atoms with Gasteiger partial charge in [0.15, 0.2) is 0 Å². The van der Waals surface area contributed by atoms with Crippen LogP contribution < -0.4 is 0 Å². The molecule has 0 fully saturated rings. The Morgan fingerprint density at radius 2 is 2.21 bits per heavy atom. The predicted octanol–water partition coefficient (Wildman–Crippen LogP) is 2.09. The van der Waals surface area contributed by atoms with Gasteiger partial charge in [-0.2, -0.15) is 0 Å². The smallest absolute Gasteiger partial charge is 0.354 e. The summed E-state index contributed by atoms with van der Waals surface area (Å²) in [6.07, 6.45) is 0. The molecule has 0 saturated carbocycles. The van der Waals surface area contributed by atoms with E-state index in [1.165, 1.54) is 19.2 Å². The van der Waals surface area contributed by atoms with Crippen LogP contribution in [-0.4, -0.2) is 18.1 Å². The van der Waals surface area contributed by atoms with Gasteiger partial charge in [0.05, 0.1) is 7.11 Å². The minimum atomic E-state index is -0.457. The van der Waals surface area contributed by atoms with Crippen LogP contribution in [0.3, 0.4) is 0 Å². The first-order valence-corrected chi connectivity index (χ1v) is 4.07. The number of hydrogen-bond donors (Lipinski definition) is 1. The first-order valence-electron chi connectivity index (χ1n) is 4.07. The highest BCUT2D eigenvalue weighted by molar-refractivity contribution is 5.94. The number of fused-ring (bicyclic) bond motifs is 1. The van der Waals surface area contributed by atoms with E-state index >= 15 is 0 Å². The normalized spacial score (nSPS) is 10.4. The summed E-state index contributed by atoms with van der Waals surface area (Å²) in [4.78, 5) is 14.0. The van der Waals surface area contributed by atoms with Gasteiger partial charge >= 0.3 is 5.97 Å². The maximum atomic E-state index is 12.8. The number of aromatic amines is 1. The second-order valence-electron chi connectivity index (χ2n) is 2.91. The lowest BCUT2D eigenvalue weighted by molar-refractivity contribution is 0.0595. The number of rotatable bonds is 1. The van der Waals surface area contributed by atoms with Crippen LogP contribution in [0.15, 0.2) is 24.3 Å². The highest BCUT2D eigenvalue weighted by Crippen LogP contribution is 2.16. The zero-order valence-electron chi connectivity index (χ0n) is 7.50. The molecule has 2 rings (SSSR count). The lowest BCUT2D eigenvalue weighted by Crippen LogP contribution is -2.00. The fourth-order valence-electron chi connectivity index (χ4n) is 1.32. The molecule has 0 aliphatic carbocycles. The molecule has 0 atom stereocenters. The van der Waals surface area contributed by atoms with Crippen LogP contribution in [0.1, 0.15) is 10.5 Å². The molecule has 1 N–H and O–H groups in total. The highest BCUT2D eigenvalue weighted by atomic mass is 19.1. The van der Waals surface area contributed by atoms with Crippen molar-refractivity contribution in [1.82, 2.24) is 4.98 Å². The maximum Gasteiger partial charge on any atom is 0.354 e. The number of carbonyl (C=O) groups excluding carboxylic acids is 1. The number of H-pyrrole nitrogens is 1.